The first-order valence-corrected chi connectivity index (χ1v) is 4.57. The third-order valence-corrected chi connectivity index (χ3v) is 2.43. The van der Waals surface area contributed by atoms with E-state index in [0.29, 0.717) is 25.9 Å². The lowest BCUT2D eigenvalue weighted by Gasteiger charge is -2.24. The molecule has 13 heavy (non-hydrogen) atoms. The quantitative estimate of drug-likeness (QED) is 0.367. The normalized spacial score (nSPS) is 25.9. The molecule has 0 spiro atoms. The van der Waals surface area contributed by atoms with Gasteiger partial charge in [0, 0.05) is 13.1 Å². The van der Waals surface area contributed by atoms with Gasteiger partial charge in [-0.3, -0.25) is 15.1 Å². The van der Waals surface area contributed by atoms with Gasteiger partial charge in [-0.05, 0) is 12.8 Å². The number of nitrogens with zero attached hydrogens (tertiary/aromatic N) is 1. The fourth-order valence-corrected chi connectivity index (χ4v) is 1.73. The smallest absolute Gasteiger partial charge is 0.251 e. The minimum Gasteiger partial charge on any atom is -0.293 e. The Labute approximate surface area is 77.2 Å². The highest BCUT2D eigenvalue weighted by molar-refractivity contribution is 5.81. The molecule has 1 heterocycles. The van der Waals surface area contributed by atoms with Crippen LogP contribution < -0.4 is 11.3 Å². The van der Waals surface area contributed by atoms with Crippen LogP contribution in [-0.2, 0) is 4.79 Å². The molecular weight excluding hydrogens is 173 g/mol. The number of alkyl halides is 1. The summed E-state index contributed by atoms with van der Waals surface area (Å²) in [6.45, 7) is 2.89. The Morgan fingerprint density at radius 2 is 2.54 bits per heavy atom. The van der Waals surface area contributed by atoms with E-state index >= 15 is 0 Å². The Morgan fingerprint density at radius 1 is 1.85 bits per heavy atom. The van der Waals surface area contributed by atoms with Gasteiger partial charge in [0.2, 0.25) is 0 Å². The third kappa shape index (κ3) is 2.38. The number of hydrazine groups is 1. The van der Waals surface area contributed by atoms with Gasteiger partial charge in [-0.1, -0.05) is 6.92 Å². The lowest BCUT2D eigenvalue weighted by molar-refractivity contribution is -0.126. The lowest BCUT2D eigenvalue weighted by Crippen LogP contribution is -2.48. The minimum atomic E-state index is -0.792. The number of halogens is 1. The number of hydrogen-bond acceptors (Lipinski definition) is 3. The average Bonchev–Trinajstić information content (AvgIpc) is 2.53. The molecule has 3 N–H and O–H groups in total. The van der Waals surface area contributed by atoms with E-state index in [1.807, 2.05) is 11.8 Å². The van der Waals surface area contributed by atoms with E-state index in [2.05, 4.69) is 5.43 Å². The van der Waals surface area contributed by atoms with Crippen molar-refractivity contribution in [3.05, 3.63) is 0 Å². The van der Waals surface area contributed by atoms with Gasteiger partial charge < -0.3 is 0 Å². The number of amides is 1. The van der Waals surface area contributed by atoms with E-state index in [-0.39, 0.29) is 11.9 Å². The highest BCUT2D eigenvalue weighted by Gasteiger charge is 2.30. The molecule has 1 rings (SSSR count). The van der Waals surface area contributed by atoms with E-state index in [4.69, 9.17) is 5.84 Å². The maximum atomic E-state index is 12.8. The second-order valence-electron chi connectivity index (χ2n) is 3.31. The summed E-state index contributed by atoms with van der Waals surface area (Å²) in [5, 5.41) is 0. The molecule has 4 nitrogen and oxygen atoms in total. The van der Waals surface area contributed by atoms with Gasteiger partial charge >= 0.3 is 0 Å². The predicted octanol–water partition coefficient (Wildman–Crippen LogP) is -0.201. The van der Waals surface area contributed by atoms with Crippen molar-refractivity contribution >= 4 is 5.91 Å². The van der Waals surface area contributed by atoms with Gasteiger partial charge in [-0.25, -0.2) is 10.2 Å². The number of carbonyl (C=O) groups excluding carboxylic acids is 1. The first-order chi connectivity index (χ1) is 6.19. The fourth-order valence-electron chi connectivity index (χ4n) is 1.73. The molecule has 5 heteroatoms. The van der Waals surface area contributed by atoms with Crippen LogP contribution >= 0.6 is 0 Å². The van der Waals surface area contributed by atoms with Crippen molar-refractivity contribution in [2.45, 2.75) is 32.0 Å². The van der Waals surface area contributed by atoms with Crippen LogP contribution in [0.15, 0.2) is 0 Å². The van der Waals surface area contributed by atoms with Gasteiger partial charge in [0.1, 0.15) is 6.17 Å². The van der Waals surface area contributed by atoms with Gasteiger partial charge in [0.25, 0.3) is 5.91 Å². The molecular formula is C8H16FN3O. The summed E-state index contributed by atoms with van der Waals surface area (Å²) in [6, 6.07) is -0.272. The molecule has 0 radical (unpaired) electrons. The second-order valence-corrected chi connectivity index (χ2v) is 3.31. The SMILES string of the molecule is CCC(C(=O)NN)N1CCC(F)C1. The zero-order valence-electron chi connectivity index (χ0n) is 7.79. The van der Waals surface area contributed by atoms with Gasteiger partial charge in [0.05, 0.1) is 6.04 Å². The Morgan fingerprint density at radius 3 is 2.92 bits per heavy atom. The summed E-state index contributed by atoms with van der Waals surface area (Å²) >= 11 is 0. The van der Waals surface area contributed by atoms with E-state index in [0.717, 1.165) is 0 Å². The van der Waals surface area contributed by atoms with Gasteiger partial charge in [-0.15, -0.1) is 0 Å². The Balaban J connectivity index is 2.51. The molecule has 1 aliphatic rings. The number of rotatable bonds is 3. The molecule has 0 saturated carbocycles. The predicted molar refractivity (Wildman–Crippen MR) is 47.5 cm³/mol. The van der Waals surface area contributed by atoms with E-state index in [1.54, 1.807) is 0 Å². The Hall–Kier alpha value is -0.680. The summed E-state index contributed by atoms with van der Waals surface area (Å²) in [4.78, 5) is 13.1. The van der Waals surface area contributed by atoms with Crippen molar-refractivity contribution in [3.63, 3.8) is 0 Å². The maximum Gasteiger partial charge on any atom is 0.251 e. The van der Waals surface area contributed by atoms with Crippen LogP contribution in [0, 0.1) is 0 Å². The molecule has 1 aliphatic heterocycles. The molecule has 1 amide bonds. The van der Waals surface area contributed by atoms with Crippen LogP contribution in [-0.4, -0.2) is 36.1 Å². The summed E-state index contributed by atoms with van der Waals surface area (Å²) in [5.74, 6) is 4.81. The molecule has 0 aliphatic carbocycles. The number of likely N-dealkylation sites (tertiary alicyclic amines) is 1. The zero-order valence-corrected chi connectivity index (χ0v) is 7.79. The third-order valence-electron chi connectivity index (χ3n) is 2.43. The molecule has 1 saturated heterocycles. The van der Waals surface area contributed by atoms with Crippen molar-refractivity contribution in [2.75, 3.05) is 13.1 Å². The Kier molecular flexibility index (Phi) is 3.62. The molecule has 2 unspecified atom stereocenters. The number of nitrogens with one attached hydrogen (secondary N) is 1. The van der Waals surface area contributed by atoms with E-state index < -0.39 is 6.17 Å². The van der Waals surface area contributed by atoms with Gasteiger partial charge in [0.15, 0.2) is 0 Å². The minimum absolute atomic E-state index is 0.225. The van der Waals surface area contributed by atoms with Gasteiger partial charge in [-0.2, -0.15) is 0 Å². The first kappa shape index (κ1) is 10.4. The molecule has 1 fully saturated rings. The Bertz CT molecular complexity index is 188. The van der Waals surface area contributed by atoms with Crippen molar-refractivity contribution < 1.29 is 9.18 Å². The number of hydrogen-bond donors (Lipinski definition) is 2. The maximum absolute atomic E-state index is 12.8. The summed E-state index contributed by atoms with van der Waals surface area (Å²) in [7, 11) is 0. The van der Waals surface area contributed by atoms with E-state index in [1.165, 1.54) is 0 Å². The average molecular weight is 189 g/mol. The second kappa shape index (κ2) is 4.53. The molecule has 2 atom stereocenters. The lowest BCUT2D eigenvalue weighted by atomic mass is 10.2. The number of carbonyl (C=O) groups is 1. The van der Waals surface area contributed by atoms with Crippen molar-refractivity contribution in [3.8, 4) is 0 Å². The van der Waals surface area contributed by atoms with Crippen molar-refractivity contribution in [1.82, 2.24) is 10.3 Å². The first-order valence-electron chi connectivity index (χ1n) is 4.57. The van der Waals surface area contributed by atoms with Crippen molar-refractivity contribution in [1.29, 1.82) is 0 Å². The molecule has 0 aromatic carbocycles. The molecule has 0 aromatic heterocycles. The standard InChI is InChI=1S/C8H16FN3O/c1-2-7(8(13)11-10)12-4-3-6(9)5-12/h6-7H,2-5,10H2,1H3,(H,11,13). The summed E-state index contributed by atoms with van der Waals surface area (Å²) < 4.78 is 12.8. The summed E-state index contributed by atoms with van der Waals surface area (Å²) in [5.41, 5.74) is 2.10. The van der Waals surface area contributed by atoms with Crippen molar-refractivity contribution in [2.24, 2.45) is 5.84 Å². The molecule has 0 bridgehead atoms. The van der Waals surface area contributed by atoms with E-state index in [9.17, 15) is 9.18 Å². The van der Waals surface area contributed by atoms with Crippen LogP contribution in [0.3, 0.4) is 0 Å². The highest BCUT2D eigenvalue weighted by Crippen LogP contribution is 2.16. The van der Waals surface area contributed by atoms with Crippen LogP contribution in [0.1, 0.15) is 19.8 Å². The monoisotopic (exact) mass is 189 g/mol. The topological polar surface area (TPSA) is 58.4 Å². The van der Waals surface area contributed by atoms with Crippen LogP contribution in [0.2, 0.25) is 0 Å². The highest BCUT2D eigenvalue weighted by atomic mass is 19.1. The number of nitrogens with two attached hydrogens (primary N) is 1. The zero-order chi connectivity index (χ0) is 9.84. The van der Waals surface area contributed by atoms with Crippen LogP contribution in [0.4, 0.5) is 4.39 Å². The van der Waals surface area contributed by atoms with Crippen LogP contribution in [0.5, 0.6) is 0 Å². The molecule has 0 aromatic rings. The fraction of sp³-hybridized carbons (Fsp3) is 0.875. The van der Waals surface area contributed by atoms with Crippen LogP contribution in [0.25, 0.3) is 0 Å². The summed E-state index contributed by atoms with van der Waals surface area (Å²) in [6.07, 6.45) is 0.393. The molecule has 76 valence electrons. The largest absolute Gasteiger partial charge is 0.293 e.